The first-order valence-electron chi connectivity index (χ1n) is 6.81. The molecule has 4 nitrogen and oxygen atoms in total. The molecule has 1 aliphatic rings. The third-order valence-electron chi connectivity index (χ3n) is 4.15. The van der Waals surface area contributed by atoms with Gasteiger partial charge in [0.15, 0.2) is 0 Å². The van der Waals surface area contributed by atoms with Gasteiger partial charge in [0.05, 0.1) is 6.61 Å². The lowest BCUT2D eigenvalue weighted by Gasteiger charge is -2.47. The lowest BCUT2D eigenvalue weighted by molar-refractivity contribution is 0.0288. The van der Waals surface area contributed by atoms with Gasteiger partial charge in [-0.25, -0.2) is 0 Å². The average Bonchev–Trinajstić information content (AvgIpc) is 2.37. The highest BCUT2D eigenvalue weighted by molar-refractivity contribution is 4.95. The van der Waals surface area contributed by atoms with Gasteiger partial charge in [-0.1, -0.05) is 6.92 Å². The zero-order chi connectivity index (χ0) is 12.7. The summed E-state index contributed by atoms with van der Waals surface area (Å²) in [6.45, 7) is 8.36. The Hall–Kier alpha value is -0.160. The molecule has 0 spiro atoms. The van der Waals surface area contributed by atoms with Crippen molar-refractivity contribution in [2.75, 3.05) is 53.5 Å². The summed E-state index contributed by atoms with van der Waals surface area (Å²) >= 11 is 0. The third kappa shape index (κ3) is 3.91. The van der Waals surface area contributed by atoms with Gasteiger partial charge >= 0.3 is 0 Å². The molecule has 2 N–H and O–H groups in total. The first kappa shape index (κ1) is 14.9. The molecule has 0 saturated carbocycles. The van der Waals surface area contributed by atoms with Gasteiger partial charge in [-0.3, -0.25) is 4.90 Å². The Balaban J connectivity index is 2.48. The molecule has 1 saturated heterocycles. The van der Waals surface area contributed by atoms with E-state index in [2.05, 4.69) is 23.8 Å². The molecule has 102 valence electrons. The Kier molecular flexibility index (Phi) is 6.41. The topological polar surface area (TPSA) is 41.7 Å². The molecule has 0 unspecified atom stereocenters. The van der Waals surface area contributed by atoms with E-state index in [-0.39, 0.29) is 5.54 Å². The van der Waals surface area contributed by atoms with Gasteiger partial charge in [0.1, 0.15) is 0 Å². The molecule has 0 aromatic rings. The number of nitrogens with zero attached hydrogens (tertiary/aromatic N) is 2. The molecule has 0 bridgehead atoms. The summed E-state index contributed by atoms with van der Waals surface area (Å²) in [5.74, 6) is 0. The van der Waals surface area contributed by atoms with Crippen molar-refractivity contribution in [3.63, 3.8) is 0 Å². The first-order valence-corrected chi connectivity index (χ1v) is 6.81. The number of likely N-dealkylation sites (N-methyl/N-ethyl adjacent to an activating group) is 1. The number of methoxy groups -OCH3 is 1. The van der Waals surface area contributed by atoms with Gasteiger partial charge in [-0.15, -0.1) is 0 Å². The van der Waals surface area contributed by atoms with E-state index >= 15 is 0 Å². The number of nitrogens with two attached hydrogens (primary N) is 1. The highest BCUT2D eigenvalue weighted by Crippen LogP contribution is 2.26. The van der Waals surface area contributed by atoms with Crippen LogP contribution in [0, 0.1) is 0 Å². The van der Waals surface area contributed by atoms with Crippen LogP contribution in [-0.4, -0.2) is 68.8 Å². The first-order chi connectivity index (χ1) is 8.18. The van der Waals surface area contributed by atoms with E-state index in [1.54, 1.807) is 7.11 Å². The minimum atomic E-state index is 0.197. The number of ether oxygens (including phenoxy) is 1. The summed E-state index contributed by atoms with van der Waals surface area (Å²) in [5, 5.41) is 0. The van der Waals surface area contributed by atoms with Gasteiger partial charge in [0.25, 0.3) is 0 Å². The highest BCUT2D eigenvalue weighted by Gasteiger charge is 2.36. The molecule has 17 heavy (non-hydrogen) atoms. The number of hydrogen-bond acceptors (Lipinski definition) is 4. The zero-order valence-electron chi connectivity index (χ0n) is 11.7. The standard InChI is InChI=1S/C13H29N3O/c1-4-7-16-8-5-13(12-14,6-9-16)15(2)10-11-17-3/h4-12,14H2,1-3H3. The minimum absolute atomic E-state index is 0.197. The number of hydrogen-bond donors (Lipinski definition) is 1. The van der Waals surface area contributed by atoms with Crippen molar-refractivity contribution in [2.45, 2.75) is 31.7 Å². The van der Waals surface area contributed by atoms with E-state index in [1.165, 1.54) is 38.9 Å². The van der Waals surface area contributed by atoms with Crippen LogP contribution in [0.5, 0.6) is 0 Å². The molecule has 1 aliphatic heterocycles. The molecule has 0 aromatic carbocycles. The van der Waals surface area contributed by atoms with Crippen molar-refractivity contribution in [3.8, 4) is 0 Å². The fraction of sp³-hybridized carbons (Fsp3) is 1.00. The number of likely N-dealkylation sites (tertiary alicyclic amines) is 1. The maximum atomic E-state index is 6.03. The number of rotatable bonds is 7. The molecule has 0 aromatic heterocycles. The Labute approximate surface area is 106 Å². The maximum Gasteiger partial charge on any atom is 0.0589 e. The van der Waals surface area contributed by atoms with Crippen molar-refractivity contribution in [2.24, 2.45) is 5.73 Å². The Morgan fingerprint density at radius 2 is 2.00 bits per heavy atom. The van der Waals surface area contributed by atoms with Crippen LogP contribution in [0.15, 0.2) is 0 Å². The summed E-state index contributed by atoms with van der Waals surface area (Å²) < 4.78 is 5.16. The fourth-order valence-electron chi connectivity index (χ4n) is 2.72. The van der Waals surface area contributed by atoms with E-state index < -0.39 is 0 Å². The predicted octanol–water partition coefficient (Wildman–Crippen LogP) is 0.768. The van der Waals surface area contributed by atoms with Crippen molar-refractivity contribution in [3.05, 3.63) is 0 Å². The summed E-state index contributed by atoms with van der Waals surface area (Å²) in [5.41, 5.74) is 6.23. The second-order valence-corrected chi connectivity index (χ2v) is 5.18. The SMILES string of the molecule is CCCN1CCC(CN)(N(C)CCOC)CC1. The summed E-state index contributed by atoms with van der Waals surface area (Å²) in [4.78, 5) is 4.96. The Bertz CT molecular complexity index is 203. The molecular weight excluding hydrogens is 214 g/mol. The molecule has 4 heteroatoms. The monoisotopic (exact) mass is 243 g/mol. The summed E-state index contributed by atoms with van der Waals surface area (Å²) in [6, 6.07) is 0. The highest BCUT2D eigenvalue weighted by atomic mass is 16.5. The van der Waals surface area contributed by atoms with Crippen LogP contribution < -0.4 is 5.73 Å². The summed E-state index contributed by atoms with van der Waals surface area (Å²) in [6.07, 6.45) is 3.61. The van der Waals surface area contributed by atoms with Crippen molar-refractivity contribution in [1.82, 2.24) is 9.80 Å². The predicted molar refractivity (Wildman–Crippen MR) is 72.3 cm³/mol. The van der Waals surface area contributed by atoms with Crippen LogP contribution in [-0.2, 0) is 4.74 Å². The molecule has 1 heterocycles. The lowest BCUT2D eigenvalue weighted by Crippen LogP contribution is -2.58. The van der Waals surface area contributed by atoms with Crippen LogP contribution in [0.25, 0.3) is 0 Å². The van der Waals surface area contributed by atoms with E-state index in [0.717, 1.165) is 19.7 Å². The quantitative estimate of drug-likeness (QED) is 0.717. The lowest BCUT2D eigenvalue weighted by atomic mass is 9.86. The molecule has 0 aliphatic carbocycles. The van der Waals surface area contributed by atoms with Crippen LogP contribution in [0.3, 0.4) is 0 Å². The average molecular weight is 243 g/mol. The van der Waals surface area contributed by atoms with E-state index in [0.29, 0.717) is 0 Å². The Morgan fingerprint density at radius 3 is 2.47 bits per heavy atom. The Morgan fingerprint density at radius 1 is 1.35 bits per heavy atom. The van der Waals surface area contributed by atoms with Gasteiger partial charge in [0.2, 0.25) is 0 Å². The smallest absolute Gasteiger partial charge is 0.0589 e. The van der Waals surface area contributed by atoms with E-state index in [9.17, 15) is 0 Å². The van der Waals surface area contributed by atoms with Crippen molar-refractivity contribution < 1.29 is 4.74 Å². The molecule has 0 amide bonds. The zero-order valence-corrected chi connectivity index (χ0v) is 11.7. The number of piperidine rings is 1. The minimum Gasteiger partial charge on any atom is -0.383 e. The molecule has 1 rings (SSSR count). The van der Waals surface area contributed by atoms with Gasteiger partial charge in [-0.2, -0.15) is 0 Å². The van der Waals surface area contributed by atoms with Crippen molar-refractivity contribution in [1.29, 1.82) is 0 Å². The maximum absolute atomic E-state index is 6.03. The van der Waals surface area contributed by atoms with Crippen LogP contribution in [0.4, 0.5) is 0 Å². The van der Waals surface area contributed by atoms with Crippen molar-refractivity contribution >= 4 is 0 Å². The van der Waals surface area contributed by atoms with Crippen LogP contribution in [0.1, 0.15) is 26.2 Å². The summed E-state index contributed by atoms with van der Waals surface area (Å²) in [7, 11) is 3.94. The second kappa shape index (κ2) is 7.31. The normalized spacial score (nSPS) is 21.0. The fourth-order valence-corrected chi connectivity index (χ4v) is 2.72. The van der Waals surface area contributed by atoms with Gasteiger partial charge in [-0.05, 0) is 45.9 Å². The van der Waals surface area contributed by atoms with Crippen LogP contribution >= 0.6 is 0 Å². The molecule has 0 radical (unpaired) electrons. The van der Waals surface area contributed by atoms with Crippen LogP contribution in [0.2, 0.25) is 0 Å². The third-order valence-corrected chi connectivity index (χ3v) is 4.15. The molecular formula is C13H29N3O. The van der Waals surface area contributed by atoms with E-state index in [4.69, 9.17) is 10.5 Å². The largest absolute Gasteiger partial charge is 0.383 e. The second-order valence-electron chi connectivity index (χ2n) is 5.18. The van der Waals surface area contributed by atoms with E-state index in [1.807, 2.05) is 0 Å². The molecule has 1 fully saturated rings. The van der Waals surface area contributed by atoms with Gasteiger partial charge < -0.3 is 15.4 Å². The van der Waals surface area contributed by atoms with Gasteiger partial charge in [0, 0.05) is 25.7 Å². The molecule has 0 atom stereocenters.